The second-order valence-electron chi connectivity index (χ2n) is 6.32. The van der Waals surface area contributed by atoms with Crippen LogP contribution in [0.5, 0.6) is 0 Å². The maximum atomic E-state index is 12.1. The predicted molar refractivity (Wildman–Crippen MR) is 83.9 cm³/mol. The number of amides is 2. The highest BCUT2D eigenvalue weighted by atomic mass is 16.3. The van der Waals surface area contributed by atoms with Gasteiger partial charge in [0.25, 0.3) is 0 Å². The lowest BCUT2D eigenvalue weighted by molar-refractivity contribution is 0.224. The molecule has 1 atom stereocenters. The van der Waals surface area contributed by atoms with Crippen molar-refractivity contribution >= 4 is 6.03 Å². The molecule has 0 aromatic heterocycles. The number of rotatable bonds is 7. The van der Waals surface area contributed by atoms with E-state index in [0.717, 1.165) is 12.1 Å². The lowest BCUT2D eigenvalue weighted by Crippen LogP contribution is -2.41. The summed E-state index contributed by atoms with van der Waals surface area (Å²) in [5.41, 5.74) is 1.32. The smallest absolute Gasteiger partial charge is 0.315 e. The van der Waals surface area contributed by atoms with Gasteiger partial charge in [0.15, 0.2) is 0 Å². The van der Waals surface area contributed by atoms with Gasteiger partial charge in [0.2, 0.25) is 0 Å². The van der Waals surface area contributed by atoms with Gasteiger partial charge in [-0.05, 0) is 36.2 Å². The quantitative estimate of drug-likeness (QED) is 0.723. The van der Waals surface area contributed by atoms with Crippen molar-refractivity contribution in [1.82, 2.24) is 10.6 Å². The number of aliphatic hydroxyl groups is 1. The highest BCUT2D eigenvalue weighted by Gasteiger charge is 2.45. The molecular weight excluding hydrogens is 264 g/mol. The van der Waals surface area contributed by atoms with Gasteiger partial charge in [0.1, 0.15) is 0 Å². The van der Waals surface area contributed by atoms with Crippen LogP contribution in [0.3, 0.4) is 0 Å². The van der Waals surface area contributed by atoms with Crippen LogP contribution in [0.25, 0.3) is 0 Å². The van der Waals surface area contributed by atoms with Crippen LogP contribution in [0.15, 0.2) is 30.3 Å². The Bertz CT molecular complexity index is 455. The number of hydrogen-bond acceptors (Lipinski definition) is 2. The first-order valence-electron chi connectivity index (χ1n) is 7.77. The third-order valence-corrected chi connectivity index (χ3v) is 4.64. The summed E-state index contributed by atoms with van der Waals surface area (Å²) >= 11 is 0. The van der Waals surface area contributed by atoms with E-state index in [2.05, 4.69) is 24.5 Å². The molecule has 0 radical (unpaired) electrons. The average molecular weight is 290 g/mol. The molecule has 1 aliphatic rings. The van der Waals surface area contributed by atoms with E-state index in [1.807, 2.05) is 30.3 Å². The molecule has 2 rings (SSSR count). The number of carbonyl (C=O) groups is 1. The molecule has 4 nitrogen and oxygen atoms in total. The van der Waals surface area contributed by atoms with Gasteiger partial charge >= 0.3 is 6.03 Å². The molecule has 3 N–H and O–H groups in total. The first-order valence-corrected chi connectivity index (χ1v) is 7.77. The Kier molecular flexibility index (Phi) is 5.23. The summed E-state index contributed by atoms with van der Waals surface area (Å²) in [5, 5.41) is 15.1. The van der Waals surface area contributed by atoms with Gasteiger partial charge < -0.3 is 15.7 Å². The summed E-state index contributed by atoms with van der Waals surface area (Å²) in [6.45, 7) is 5.21. The standard InChI is InChI=1S/C17H26N2O2/c1-13(2)17(9-10-17)12-18-16(21)19-15(8-11-20)14-6-4-3-5-7-14/h3-7,13,15,20H,8-12H2,1-2H3,(H2,18,19,21)/t15-/m1/s1. The Balaban J connectivity index is 1.87. The number of hydrogen-bond donors (Lipinski definition) is 3. The lowest BCUT2D eigenvalue weighted by atomic mass is 9.92. The zero-order valence-corrected chi connectivity index (χ0v) is 12.9. The molecule has 0 spiro atoms. The lowest BCUT2D eigenvalue weighted by Gasteiger charge is -2.22. The van der Waals surface area contributed by atoms with E-state index >= 15 is 0 Å². The molecule has 116 valence electrons. The van der Waals surface area contributed by atoms with Gasteiger partial charge in [-0.1, -0.05) is 44.2 Å². The average Bonchev–Trinajstić information content (AvgIpc) is 3.27. The molecule has 1 aromatic rings. The van der Waals surface area contributed by atoms with E-state index in [-0.39, 0.29) is 18.7 Å². The molecule has 0 heterocycles. The SMILES string of the molecule is CC(C)C1(CNC(=O)N[C@H](CCO)c2ccccc2)CC1. The molecule has 2 amide bonds. The minimum absolute atomic E-state index is 0.0514. The van der Waals surface area contributed by atoms with Gasteiger partial charge in [-0.15, -0.1) is 0 Å². The van der Waals surface area contributed by atoms with Crippen LogP contribution in [0.4, 0.5) is 4.79 Å². The molecule has 0 saturated heterocycles. The van der Waals surface area contributed by atoms with Crippen molar-refractivity contribution in [3.63, 3.8) is 0 Å². The third-order valence-electron chi connectivity index (χ3n) is 4.64. The molecule has 1 saturated carbocycles. The largest absolute Gasteiger partial charge is 0.396 e. The van der Waals surface area contributed by atoms with Crippen molar-refractivity contribution in [3.05, 3.63) is 35.9 Å². The number of aliphatic hydroxyl groups excluding tert-OH is 1. The zero-order valence-electron chi connectivity index (χ0n) is 12.9. The molecule has 0 bridgehead atoms. The van der Waals surface area contributed by atoms with Crippen LogP contribution in [0.2, 0.25) is 0 Å². The van der Waals surface area contributed by atoms with Crippen molar-refractivity contribution in [2.75, 3.05) is 13.2 Å². The minimum Gasteiger partial charge on any atom is -0.396 e. The van der Waals surface area contributed by atoms with E-state index in [9.17, 15) is 9.90 Å². The molecule has 0 unspecified atom stereocenters. The fraction of sp³-hybridized carbons (Fsp3) is 0.588. The van der Waals surface area contributed by atoms with Gasteiger partial charge in [-0.25, -0.2) is 4.79 Å². The van der Waals surface area contributed by atoms with Gasteiger partial charge in [-0.3, -0.25) is 0 Å². The molecular formula is C17H26N2O2. The summed E-state index contributed by atoms with van der Waals surface area (Å²) in [4.78, 5) is 12.1. The molecule has 1 aromatic carbocycles. The maximum Gasteiger partial charge on any atom is 0.315 e. The van der Waals surface area contributed by atoms with Crippen molar-refractivity contribution in [3.8, 4) is 0 Å². The first kappa shape index (κ1) is 15.8. The second-order valence-corrected chi connectivity index (χ2v) is 6.32. The van der Waals surface area contributed by atoms with E-state index in [0.29, 0.717) is 17.8 Å². The highest BCUT2D eigenvalue weighted by Crippen LogP contribution is 2.51. The number of nitrogens with one attached hydrogen (secondary N) is 2. The van der Waals surface area contributed by atoms with Crippen LogP contribution >= 0.6 is 0 Å². The van der Waals surface area contributed by atoms with E-state index < -0.39 is 0 Å². The van der Waals surface area contributed by atoms with Crippen LogP contribution in [0, 0.1) is 11.3 Å². The Morgan fingerprint density at radius 1 is 1.29 bits per heavy atom. The second kappa shape index (κ2) is 6.94. The Morgan fingerprint density at radius 3 is 2.48 bits per heavy atom. The summed E-state index contributed by atoms with van der Waals surface area (Å²) in [6, 6.07) is 9.47. The Labute approximate surface area is 126 Å². The topological polar surface area (TPSA) is 61.4 Å². The van der Waals surface area contributed by atoms with Crippen LogP contribution < -0.4 is 10.6 Å². The van der Waals surface area contributed by atoms with E-state index in [1.165, 1.54) is 12.8 Å². The fourth-order valence-electron chi connectivity index (χ4n) is 2.72. The third kappa shape index (κ3) is 4.21. The van der Waals surface area contributed by atoms with E-state index in [4.69, 9.17) is 0 Å². The Morgan fingerprint density at radius 2 is 1.95 bits per heavy atom. The molecule has 0 aliphatic heterocycles. The van der Waals surface area contributed by atoms with Crippen LogP contribution in [-0.2, 0) is 0 Å². The molecule has 1 aliphatic carbocycles. The monoisotopic (exact) mass is 290 g/mol. The maximum absolute atomic E-state index is 12.1. The highest BCUT2D eigenvalue weighted by molar-refractivity contribution is 5.74. The van der Waals surface area contributed by atoms with Gasteiger partial charge in [0.05, 0.1) is 6.04 Å². The van der Waals surface area contributed by atoms with Crippen molar-refractivity contribution in [2.45, 2.75) is 39.2 Å². The molecule has 21 heavy (non-hydrogen) atoms. The minimum atomic E-state index is -0.149. The van der Waals surface area contributed by atoms with Crippen molar-refractivity contribution in [1.29, 1.82) is 0 Å². The van der Waals surface area contributed by atoms with Crippen molar-refractivity contribution in [2.24, 2.45) is 11.3 Å². The van der Waals surface area contributed by atoms with Crippen molar-refractivity contribution < 1.29 is 9.90 Å². The molecule has 1 fully saturated rings. The summed E-state index contributed by atoms with van der Waals surface area (Å²) in [7, 11) is 0. The fourth-order valence-corrected chi connectivity index (χ4v) is 2.72. The van der Waals surface area contributed by atoms with Gasteiger partial charge in [-0.2, -0.15) is 0 Å². The summed E-state index contributed by atoms with van der Waals surface area (Å²) in [5.74, 6) is 0.597. The number of benzene rings is 1. The predicted octanol–water partition coefficient (Wildman–Crippen LogP) is 2.85. The number of urea groups is 1. The van der Waals surface area contributed by atoms with Crippen LogP contribution in [-0.4, -0.2) is 24.3 Å². The zero-order chi connectivity index (χ0) is 15.3. The summed E-state index contributed by atoms with van der Waals surface area (Å²) < 4.78 is 0. The normalized spacial score (nSPS) is 17.3. The number of carbonyl (C=O) groups excluding carboxylic acids is 1. The van der Waals surface area contributed by atoms with E-state index in [1.54, 1.807) is 0 Å². The Hall–Kier alpha value is -1.55. The van der Waals surface area contributed by atoms with Gasteiger partial charge in [0, 0.05) is 13.2 Å². The first-order chi connectivity index (χ1) is 10.1. The van der Waals surface area contributed by atoms with Crippen LogP contribution in [0.1, 0.15) is 44.7 Å². The summed E-state index contributed by atoms with van der Waals surface area (Å²) in [6.07, 6.45) is 2.92. The molecule has 4 heteroatoms.